The molecule has 0 aliphatic rings. The summed E-state index contributed by atoms with van der Waals surface area (Å²) >= 11 is 5.66. The number of carbonyl (C=O) groups is 1. The lowest BCUT2D eigenvalue weighted by molar-refractivity contribution is -0.137. The molecule has 3 nitrogen and oxygen atoms in total. The summed E-state index contributed by atoms with van der Waals surface area (Å²) in [7, 11) is 0. The summed E-state index contributed by atoms with van der Waals surface area (Å²) in [5, 5.41) is 10.5. The highest BCUT2D eigenvalue weighted by atomic mass is 35.5. The van der Waals surface area contributed by atoms with E-state index in [2.05, 4.69) is 4.98 Å². The van der Waals surface area contributed by atoms with E-state index in [1.807, 2.05) is 53.7 Å². The molecule has 7 heteroatoms. The van der Waals surface area contributed by atoms with Crippen LogP contribution in [0.3, 0.4) is 0 Å². The molecule has 2 N–H and O–H groups in total. The Morgan fingerprint density at radius 1 is 0.966 bits per heavy atom. The monoisotopic (exact) mass is 429 g/mol. The Hall–Kier alpha value is -1.95. The van der Waals surface area contributed by atoms with Crippen LogP contribution in [0.4, 0.5) is 13.2 Å². The van der Waals surface area contributed by atoms with Crippen LogP contribution in [0.25, 0.3) is 0 Å². The Bertz CT molecular complexity index is 881. The molecule has 0 saturated carbocycles. The van der Waals surface area contributed by atoms with Gasteiger partial charge in [-0.1, -0.05) is 65.3 Å². The van der Waals surface area contributed by atoms with Crippen LogP contribution in [0.1, 0.15) is 80.7 Å². The average molecular weight is 430 g/mol. The van der Waals surface area contributed by atoms with E-state index in [-0.39, 0.29) is 34.6 Å². The second kappa shape index (κ2) is 7.71. The average Bonchev–Trinajstić information content (AvgIpc) is 2.93. The molecule has 0 aliphatic heterocycles. The first kappa shape index (κ1) is 23.3. The maximum absolute atomic E-state index is 13.1. The smallest absolute Gasteiger partial charge is 0.418 e. The van der Waals surface area contributed by atoms with E-state index in [0.717, 1.165) is 22.8 Å². The molecule has 160 valence electrons. The third-order valence-electron chi connectivity index (χ3n) is 4.80. The lowest BCUT2D eigenvalue weighted by Gasteiger charge is -2.28. The third kappa shape index (κ3) is 5.35. The molecule has 0 spiro atoms. The fourth-order valence-electron chi connectivity index (χ4n) is 3.23. The Kier molecular flexibility index (Phi) is 6.20. The van der Waals surface area contributed by atoms with Gasteiger partial charge in [0.1, 0.15) is 10.9 Å². The molecule has 0 bridgehead atoms. The molecule has 1 aromatic carbocycles. The summed E-state index contributed by atoms with van der Waals surface area (Å²) < 4.78 is 39.4. The number of hydrogen-bond acceptors (Lipinski definition) is 2. The molecule has 1 heterocycles. The molecule has 0 atom stereocenters. The maximum Gasteiger partial charge on any atom is 0.418 e. The Labute approximate surface area is 174 Å². The van der Waals surface area contributed by atoms with E-state index >= 15 is 0 Å². The van der Waals surface area contributed by atoms with Gasteiger partial charge in [0.25, 0.3) is 0 Å². The van der Waals surface area contributed by atoms with E-state index < -0.39 is 23.2 Å². The molecule has 0 fully saturated rings. The van der Waals surface area contributed by atoms with Gasteiger partial charge in [-0.3, -0.25) is 4.79 Å². The first-order valence-corrected chi connectivity index (χ1v) is 9.75. The van der Waals surface area contributed by atoms with Crippen molar-refractivity contribution in [2.75, 3.05) is 0 Å². The lowest BCUT2D eigenvalue weighted by Crippen LogP contribution is -2.18. The Balaban J connectivity index is 2.38. The normalized spacial score (nSPS) is 13.0. The van der Waals surface area contributed by atoms with Crippen molar-refractivity contribution in [2.45, 2.75) is 71.4 Å². The highest BCUT2D eigenvalue weighted by Crippen LogP contribution is 2.40. The number of aromatic hydroxyl groups is 1. The highest BCUT2D eigenvalue weighted by Gasteiger charge is 2.37. The van der Waals surface area contributed by atoms with E-state index in [9.17, 15) is 23.1 Å². The van der Waals surface area contributed by atoms with Crippen LogP contribution in [0.2, 0.25) is 5.15 Å². The number of Topliss-reactive ketones (excluding diaryl/α,β-unsaturated/α-hetero) is 1. The zero-order valence-corrected chi connectivity index (χ0v) is 18.3. The maximum atomic E-state index is 13.1. The number of aromatic amines is 1. The van der Waals surface area contributed by atoms with Crippen molar-refractivity contribution in [1.82, 2.24) is 4.98 Å². The van der Waals surface area contributed by atoms with Crippen molar-refractivity contribution in [3.63, 3.8) is 0 Å². The second-order valence-electron chi connectivity index (χ2n) is 9.37. The van der Waals surface area contributed by atoms with Crippen molar-refractivity contribution in [3.05, 3.63) is 51.3 Å². The molecular formula is C22H27ClF3NO2. The number of phenols is 1. The van der Waals surface area contributed by atoms with Gasteiger partial charge < -0.3 is 10.1 Å². The Morgan fingerprint density at radius 2 is 1.45 bits per heavy atom. The first-order chi connectivity index (χ1) is 13.0. The number of halogens is 4. The van der Waals surface area contributed by atoms with Crippen LogP contribution in [-0.4, -0.2) is 15.9 Å². The molecule has 2 rings (SSSR count). The van der Waals surface area contributed by atoms with Crippen LogP contribution in [0, 0.1) is 0 Å². The number of aryl methyl sites for hydroxylation is 1. The minimum absolute atomic E-state index is 0.113. The number of alkyl halides is 3. The predicted molar refractivity (Wildman–Crippen MR) is 109 cm³/mol. The van der Waals surface area contributed by atoms with E-state index in [1.165, 1.54) is 0 Å². The van der Waals surface area contributed by atoms with Crippen LogP contribution >= 0.6 is 11.6 Å². The van der Waals surface area contributed by atoms with Gasteiger partial charge in [0.15, 0.2) is 5.78 Å². The topological polar surface area (TPSA) is 53.1 Å². The largest absolute Gasteiger partial charge is 0.507 e. The first-order valence-electron chi connectivity index (χ1n) is 9.37. The molecule has 1 aromatic heterocycles. The fraction of sp³-hybridized carbons (Fsp3) is 0.500. The van der Waals surface area contributed by atoms with Crippen LogP contribution in [0.5, 0.6) is 5.75 Å². The summed E-state index contributed by atoms with van der Waals surface area (Å²) in [5.41, 5.74) is 0.0354. The number of phenolic OH excluding ortho intramolecular Hbond substituents is 1. The summed E-state index contributed by atoms with van der Waals surface area (Å²) in [6, 6.07) is 4.37. The van der Waals surface area contributed by atoms with Gasteiger partial charge in [-0.2, -0.15) is 13.2 Å². The molecular weight excluding hydrogens is 403 g/mol. The quantitative estimate of drug-likeness (QED) is 0.525. The summed E-state index contributed by atoms with van der Waals surface area (Å²) in [5.74, 6) is -0.442. The van der Waals surface area contributed by atoms with Gasteiger partial charge >= 0.3 is 6.18 Å². The molecule has 0 amide bonds. The van der Waals surface area contributed by atoms with Crippen molar-refractivity contribution >= 4 is 17.4 Å². The van der Waals surface area contributed by atoms with Crippen LogP contribution in [-0.2, 0) is 23.4 Å². The molecule has 0 aliphatic carbocycles. The number of rotatable bonds is 4. The number of aromatic nitrogens is 1. The van der Waals surface area contributed by atoms with E-state index in [1.54, 1.807) is 0 Å². The third-order valence-corrected chi connectivity index (χ3v) is 5.00. The van der Waals surface area contributed by atoms with E-state index in [4.69, 9.17) is 11.6 Å². The number of carbonyl (C=O) groups excluding carboxylic acids is 1. The Morgan fingerprint density at radius 3 is 1.86 bits per heavy atom. The number of nitrogens with one attached hydrogen (secondary N) is 1. The summed E-state index contributed by atoms with van der Waals surface area (Å²) in [6.45, 7) is 11.8. The van der Waals surface area contributed by atoms with Gasteiger partial charge in [0.05, 0.1) is 11.3 Å². The van der Waals surface area contributed by atoms with E-state index in [0.29, 0.717) is 0 Å². The number of hydrogen-bond donors (Lipinski definition) is 2. The minimum Gasteiger partial charge on any atom is -0.507 e. The van der Waals surface area contributed by atoms with Gasteiger partial charge in [-0.05, 0) is 40.0 Å². The van der Waals surface area contributed by atoms with Crippen molar-refractivity contribution in [2.24, 2.45) is 0 Å². The lowest BCUT2D eigenvalue weighted by atomic mass is 9.78. The summed E-state index contributed by atoms with van der Waals surface area (Å²) in [6.07, 6.45) is -4.52. The van der Waals surface area contributed by atoms with Crippen molar-refractivity contribution < 1.29 is 23.1 Å². The SMILES string of the molecule is CC(C)(C)c1cc(CCC(=O)c2[nH]c(Cl)cc2C(F)(F)F)cc(C(C)(C)C)c1O. The zero-order chi connectivity index (χ0) is 22.4. The highest BCUT2D eigenvalue weighted by molar-refractivity contribution is 6.30. The number of ketones is 1. The second-order valence-corrected chi connectivity index (χ2v) is 9.77. The van der Waals surface area contributed by atoms with Crippen molar-refractivity contribution in [3.8, 4) is 5.75 Å². The van der Waals surface area contributed by atoms with Gasteiger partial charge in [0.2, 0.25) is 0 Å². The molecule has 29 heavy (non-hydrogen) atoms. The van der Waals surface area contributed by atoms with Gasteiger partial charge in [-0.25, -0.2) is 0 Å². The number of H-pyrrole nitrogens is 1. The minimum atomic E-state index is -4.66. The molecule has 2 aromatic rings. The van der Waals surface area contributed by atoms with Crippen LogP contribution < -0.4 is 0 Å². The number of benzene rings is 1. The zero-order valence-electron chi connectivity index (χ0n) is 17.5. The molecule has 0 saturated heterocycles. The predicted octanol–water partition coefficient (Wildman–Crippen LogP) is 6.80. The van der Waals surface area contributed by atoms with Gasteiger partial charge in [-0.15, -0.1) is 0 Å². The van der Waals surface area contributed by atoms with Gasteiger partial charge in [0, 0.05) is 6.42 Å². The fourth-order valence-corrected chi connectivity index (χ4v) is 3.43. The summed E-state index contributed by atoms with van der Waals surface area (Å²) in [4.78, 5) is 14.8. The van der Waals surface area contributed by atoms with Crippen LogP contribution in [0.15, 0.2) is 18.2 Å². The molecule has 0 radical (unpaired) electrons. The standard InChI is InChI=1S/C22H27ClF3NO2/c1-20(2,3)14-9-12(10-15(19(14)29)21(4,5)6)7-8-16(28)18-13(22(24,25)26)11-17(23)27-18/h9-11,27,29H,7-8H2,1-6H3. The van der Waals surface area contributed by atoms with Crippen molar-refractivity contribution in [1.29, 1.82) is 0 Å². The molecule has 0 unspecified atom stereocenters.